The van der Waals surface area contributed by atoms with Gasteiger partial charge in [0.15, 0.2) is 0 Å². The van der Waals surface area contributed by atoms with Crippen molar-refractivity contribution in [1.82, 2.24) is 24.6 Å². The Morgan fingerprint density at radius 2 is 2.20 bits per heavy atom. The van der Waals surface area contributed by atoms with Crippen LogP contribution in [0.3, 0.4) is 0 Å². The largest absolute Gasteiger partial charge is 0.338 e. The van der Waals surface area contributed by atoms with Crippen molar-refractivity contribution in [3.05, 3.63) is 45.9 Å². The molecule has 0 spiro atoms. The highest BCUT2D eigenvalue weighted by molar-refractivity contribution is 5.77. The summed E-state index contributed by atoms with van der Waals surface area (Å²) in [5, 5.41) is 4.35. The lowest BCUT2D eigenvalue weighted by Crippen LogP contribution is -2.46. The standard InChI is InChI=1S/C18H25N5O2/c1-13-9-21-22(10-13)11-15-5-3-4-8-23(15)17(24)7-6-16-14(2)19-12-20-18(16)25/h9-10,12,15H,3-8,11H2,1-2H3,(H,19,20,25)/t15-/m0/s1. The number of amides is 1. The number of nitrogens with zero attached hydrogens (tertiary/aromatic N) is 4. The summed E-state index contributed by atoms with van der Waals surface area (Å²) in [5.41, 5.74) is 2.27. The summed E-state index contributed by atoms with van der Waals surface area (Å²) in [7, 11) is 0. The molecular weight excluding hydrogens is 318 g/mol. The van der Waals surface area contributed by atoms with Crippen LogP contribution in [-0.4, -0.2) is 43.1 Å². The second-order valence-electron chi connectivity index (χ2n) is 6.77. The molecule has 0 aliphatic carbocycles. The van der Waals surface area contributed by atoms with E-state index in [0.29, 0.717) is 24.1 Å². The third-order valence-electron chi connectivity index (χ3n) is 4.86. The molecule has 1 aliphatic rings. The molecule has 2 aromatic heterocycles. The Bertz CT molecular complexity index is 795. The topological polar surface area (TPSA) is 83.9 Å². The van der Waals surface area contributed by atoms with Crippen molar-refractivity contribution in [2.75, 3.05) is 6.54 Å². The van der Waals surface area contributed by atoms with Crippen LogP contribution in [0.2, 0.25) is 0 Å². The Morgan fingerprint density at radius 1 is 1.36 bits per heavy atom. The van der Waals surface area contributed by atoms with E-state index in [2.05, 4.69) is 15.1 Å². The van der Waals surface area contributed by atoms with E-state index in [0.717, 1.165) is 37.9 Å². The van der Waals surface area contributed by atoms with E-state index < -0.39 is 0 Å². The van der Waals surface area contributed by atoms with Crippen LogP contribution < -0.4 is 5.56 Å². The fourth-order valence-electron chi connectivity index (χ4n) is 3.49. The second kappa shape index (κ2) is 7.63. The van der Waals surface area contributed by atoms with Crippen molar-refractivity contribution < 1.29 is 4.79 Å². The summed E-state index contributed by atoms with van der Waals surface area (Å²) in [6.07, 6.45) is 9.18. The first-order chi connectivity index (χ1) is 12.0. The number of nitrogens with one attached hydrogen (secondary N) is 1. The molecule has 134 valence electrons. The van der Waals surface area contributed by atoms with Crippen molar-refractivity contribution in [1.29, 1.82) is 0 Å². The van der Waals surface area contributed by atoms with Crippen LogP contribution in [0.1, 0.15) is 42.5 Å². The van der Waals surface area contributed by atoms with Gasteiger partial charge < -0.3 is 9.88 Å². The predicted molar refractivity (Wildman–Crippen MR) is 94.2 cm³/mol. The van der Waals surface area contributed by atoms with Gasteiger partial charge >= 0.3 is 0 Å². The van der Waals surface area contributed by atoms with Gasteiger partial charge in [0.1, 0.15) is 0 Å². The number of aromatic amines is 1. The number of hydrogen-bond donors (Lipinski definition) is 1. The number of aromatic nitrogens is 4. The van der Waals surface area contributed by atoms with Gasteiger partial charge in [-0.1, -0.05) is 0 Å². The average molecular weight is 343 g/mol. The van der Waals surface area contributed by atoms with Crippen LogP contribution in [0, 0.1) is 13.8 Å². The fraction of sp³-hybridized carbons (Fsp3) is 0.556. The molecule has 0 bridgehead atoms. The average Bonchev–Trinajstić information content (AvgIpc) is 2.99. The Kier molecular flexibility index (Phi) is 5.31. The van der Waals surface area contributed by atoms with Crippen molar-refractivity contribution in [2.45, 2.75) is 58.5 Å². The third-order valence-corrected chi connectivity index (χ3v) is 4.86. The van der Waals surface area contributed by atoms with E-state index in [1.54, 1.807) is 6.92 Å². The minimum Gasteiger partial charge on any atom is -0.338 e. The number of carbonyl (C=O) groups excluding carboxylic acids is 1. The van der Waals surface area contributed by atoms with Gasteiger partial charge in [-0.25, -0.2) is 4.98 Å². The first kappa shape index (κ1) is 17.4. The lowest BCUT2D eigenvalue weighted by Gasteiger charge is -2.36. The SMILES string of the molecule is Cc1cnn(C[C@@H]2CCCCN2C(=O)CCc2c(C)nc[nH]c2=O)c1. The number of hydrogen-bond acceptors (Lipinski definition) is 4. The molecular formula is C18H25N5O2. The highest BCUT2D eigenvalue weighted by Crippen LogP contribution is 2.20. The van der Waals surface area contributed by atoms with Crippen LogP contribution >= 0.6 is 0 Å². The summed E-state index contributed by atoms with van der Waals surface area (Å²) in [5.74, 6) is 0.108. The maximum absolute atomic E-state index is 12.8. The molecule has 7 heteroatoms. The van der Waals surface area contributed by atoms with Crippen LogP contribution in [0.25, 0.3) is 0 Å². The summed E-state index contributed by atoms with van der Waals surface area (Å²) >= 11 is 0. The Morgan fingerprint density at radius 3 is 2.92 bits per heavy atom. The minimum absolute atomic E-state index is 0.108. The molecule has 0 aromatic carbocycles. The quantitative estimate of drug-likeness (QED) is 0.894. The van der Waals surface area contributed by atoms with Crippen molar-refractivity contribution >= 4 is 5.91 Å². The number of H-pyrrole nitrogens is 1. The van der Waals surface area contributed by atoms with Gasteiger partial charge in [0.05, 0.1) is 25.1 Å². The molecule has 1 aliphatic heterocycles. The van der Waals surface area contributed by atoms with E-state index in [-0.39, 0.29) is 17.5 Å². The van der Waals surface area contributed by atoms with Gasteiger partial charge in [-0.3, -0.25) is 14.3 Å². The first-order valence-corrected chi connectivity index (χ1v) is 8.86. The lowest BCUT2D eigenvalue weighted by molar-refractivity contribution is -0.135. The van der Waals surface area contributed by atoms with E-state index in [1.165, 1.54) is 6.33 Å². The maximum Gasteiger partial charge on any atom is 0.254 e. The molecule has 7 nitrogen and oxygen atoms in total. The molecule has 3 rings (SSSR count). The molecule has 1 N–H and O–H groups in total. The highest BCUT2D eigenvalue weighted by atomic mass is 16.2. The van der Waals surface area contributed by atoms with Crippen LogP contribution in [0.4, 0.5) is 0 Å². The first-order valence-electron chi connectivity index (χ1n) is 8.86. The zero-order chi connectivity index (χ0) is 17.8. The molecule has 1 amide bonds. The number of aryl methyl sites for hydroxylation is 2. The molecule has 0 unspecified atom stereocenters. The number of piperidine rings is 1. The number of rotatable bonds is 5. The molecule has 1 atom stereocenters. The van der Waals surface area contributed by atoms with Gasteiger partial charge in [-0.05, 0) is 45.1 Å². The van der Waals surface area contributed by atoms with Gasteiger partial charge in [0.2, 0.25) is 5.91 Å². The summed E-state index contributed by atoms with van der Waals surface area (Å²) in [6, 6.07) is 0.175. The highest BCUT2D eigenvalue weighted by Gasteiger charge is 2.27. The summed E-state index contributed by atoms with van der Waals surface area (Å²) in [4.78, 5) is 33.3. The maximum atomic E-state index is 12.8. The smallest absolute Gasteiger partial charge is 0.254 e. The van der Waals surface area contributed by atoms with E-state index in [9.17, 15) is 9.59 Å². The third kappa shape index (κ3) is 4.15. The van der Waals surface area contributed by atoms with E-state index in [1.807, 2.05) is 28.9 Å². The monoisotopic (exact) mass is 343 g/mol. The van der Waals surface area contributed by atoms with Crippen LogP contribution in [0.5, 0.6) is 0 Å². The second-order valence-corrected chi connectivity index (χ2v) is 6.77. The van der Waals surface area contributed by atoms with Crippen molar-refractivity contribution in [3.63, 3.8) is 0 Å². The van der Waals surface area contributed by atoms with Gasteiger partial charge in [-0.2, -0.15) is 5.10 Å². The molecule has 25 heavy (non-hydrogen) atoms. The molecule has 1 fully saturated rings. The van der Waals surface area contributed by atoms with Gasteiger partial charge in [0.25, 0.3) is 5.56 Å². The molecule has 2 aromatic rings. The van der Waals surface area contributed by atoms with Gasteiger partial charge in [0, 0.05) is 30.4 Å². The molecule has 0 saturated carbocycles. The van der Waals surface area contributed by atoms with Gasteiger partial charge in [-0.15, -0.1) is 0 Å². The Balaban J connectivity index is 1.65. The molecule has 0 radical (unpaired) electrons. The number of carbonyl (C=O) groups is 1. The van der Waals surface area contributed by atoms with Crippen molar-refractivity contribution in [2.24, 2.45) is 0 Å². The van der Waals surface area contributed by atoms with Crippen LogP contribution in [-0.2, 0) is 17.8 Å². The van der Waals surface area contributed by atoms with Crippen LogP contribution in [0.15, 0.2) is 23.5 Å². The van der Waals surface area contributed by atoms with Crippen molar-refractivity contribution in [3.8, 4) is 0 Å². The normalized spacial score (nSPS) is 17.7. The predicted octanol–water partition coefficient (Wildman–Crippen LogP) is 1.60. The molecule has 3 heterocycles. The zero-order valence-corrected chi connectivity index (χ0v) is 14.9. The Hall–Kier alpha value is -2.44. The van der Waals surface area contributed by atoms with E-state index >= 15 is 0 Å². The summed E-state index contributed by atoms with van der Waals surface area (Å²) < 4.78 is 1.92. The lowest BCUT2D eigenvalue weighted by atomic mass is 10.0. The number of likely N-dealkylation sites (tertiary alicyclic amines) is 1. The fourth-order valence-corrected chi connectivity index (χ4v) is 3.49. The Labute approximate surface area is 147 Å². The zero-order valence-electron chi connectivity index (χ0n) is 14.9. The summed E-state index contributed by atoms with van der Waals surface area (Å²) in [6.45, 7) is 5.33. The minimum atomic E-state index is -0.150. The molecule has 1 saturated heterocycles. The van der Waals surface area contributed by atoms with E-state index in [4.69, 9.17) is 0 Å².